The number of hydrogen-bond acceptors (Lipinski definition) is 3. The number of amides is 2. The Balaban J connectivity index is 2.06. The predicted octanol–water partition coefficient (Wildman–Crippen LogP) is 1.67. The van der Waals surface area contributed by atoms with E-state index in [-0.39, 0.29) is 24.8 Å². The molecule has 0 bridgehead atoms. The Morgan fingerprint density at radius 3 is 2.52 bits per heavy atom. The molecular formula is C17H22N2O4. The van der Waals surface area contributed by atoms with Crippen LogP contribution in [-0.2, 0) is 14.4 Å². The Kier molecular flexibility index (Phi) is 5.36. The molecule has 1 atom stereocenters. The molecule has 6 nitrogen and oxygen atoms in total. The molecule has 0 aliphatic carbocycles. The molecule has 0 spiro atoms. The Bertz CT molecular complexity index is 597. The molecule has 2 amide bonds. The maximum Gasteiger partial charge on any atom is 0.305 e. The zero-order chi connectivity index (χ0) is 17.0. The lowest BCUT2D eigenvalue weighted by molar-refractivity contribution is -0.141. The van der Waals surface area contributed by atoms with Crippen LogP contribution in [0.25, 0.3) is 0 Å². The number of hydrogen-bond donors (Lipinski definition) is 1. The van der Waals surface area contributed by atoms with Gasteiger partial charge in [-0.3, -0.25) is 14.4 Å². The maximum absolute atomic E-state index is 12.6. The first-order valence-corrected chi connectivity index (χ1v) is 7.82. The molecular weight excluding hydrogens is 296 g/mol. The number of carboxylic acids is 1. The number of carbonyl (C=O) groups excluding carboxylic acids is 2. The summed E-state index contributed by atoms with van der Waals surface area (Å²) in [5.74, 6) is -2.12. The minimum absolute atomic E-state index is 0.109. The molecule has 1 aliphatic rings. The largest absolute Gasteiger partial charge is 0.481 e. The summed E-state index contributed by atoms with van der Waals surface area (Å²) in [6.45, 7) is 4.81. The van der Waals surface area contributed by atoms with Crippen molar-refractivity contribution in [1.29, 1.82) is 0 Å². The fourth-order valence-corrected chi connectivity index (χ4v) is 2.77. The summed E-state index contributed by atoms with van der Waals surface area (Å²) in [6.07, 6.45) is 0.358. The zero-order valence-electron chi connectivity index (χ0n) is 13.5. The van der Waals surface area contributed by atoms with Crippen LogP contribution in [-0.4, -0.2) is 47.4 Å². The number of carboxylic acid groups (broad SMARTS) is 1. The average molecular weight is 318 g/mol. The lowest BCUT2D eigenvalue weighted by atomic mass is 10.1. The van der Waals surface area contributed by atoms with E-state index in [1.807, 2.05) is 31.2 Å². The molecule has 1 saturated heterocycles. The summed E-state index contributed by atoms with van der Waals surface area (Å²) in [5.41, 5.74) is 1.91. The first kappa shape index (κ1) is 17.0. The van der Waals surface area contributed by atoms with Crippen LogP contribution < -0.4 is 4.90 Å². The second kappa shape index (κ2) is 7.26. The van der Waals surface area contributed by atoms with Crippen LogP contribution in [0.3, 0.4) is 0 Å². The standard InChI is InChI=1S/C17H22N2O4/c1-3-18(10-9-15(20)21)16(22)14-8-11-19(17(14)23)13-6-4-12(2)5-7-13/h4-7,14H,3,8-11H2,1-2H3,(H,20,21)/t14-/m0/s1. The van der Waals surface area contributed by atoms with Crippen LogP contribution in [0.2, 0.25) is 0 Å². The van der Waals surface area contributed by atoms with Crippen molar-refractivity contribution < 1.29 is 19.5 Å². The van der Waals surface area contributed by atoms with E-state index in [4.69, 9.17) is 5.11 Å². The number of nitrogens with zero attached hydrogens (tertiary/aromatic N) is 2. The van der Waals surface area contributed by atoms with Crippen molar-refractivity contribution >= 4 is 23.5 Å². The molecule has 0 unspecified atom stereocenters. The normalized spacial score (nSPS) is 17.4. The first-order chi connectivity index (χ1) is 10.9. The second-order valence-electron chi connectivity index (χ2n) is 5.73. The molecule has 1 N–H and O–H groups in total. The fraction of sp³-hybridized carbons (Fsp3) is 0.471. The smallest absolute Gasteiger partial charge is 0.305 e. The Morgan fingerprint density at radius 1 is 1.30 bits per heavy atom. The third-order valence-corrected chi connectivity index (χ3v) is 4.14. The third-order valence-electron chi connectivity index (χ3n) is 4.14. The fourth-order valence-electron chi connectivity index (χ4n) is 2.77. The molecule has 1 fully saturated rings. The minimum atomic E-state index is -0.949. The summed E-state index contributed by atoms with van der Waals surface area (Å²) in [5, 5.41) is 8.76. The van der Waals surface area contributed by atoms with Crippen molar-refractivity contribution in [3.63, 3.8) is 0 Å². The molecule has 23 heavy (non-hydrogen) atoms. The molecule has 0 aromatic heterocycles. The molecule has 1 aliphatic heterocycles. The summed E-state index contributed by atoms with van der Waals surface area (Å²) < 4.78 is 0. The molecule has 0 radical (unpaired) electrons. The second-order valence-corrected chi connectivity index (χ2v) is 5.73. The van der Waals surface area contributed by atoms with Crippen molar-refractivity contribution in [3.8, 4) is 0 Å². The number of carbonyl (C=O) groups is 3. The van der Waals surface area contributed by atoms with Gasteiger partial charge >= 0.3 is 5.97 Å². The SMILES string of the molecule is CCN(CCC(=O)O)C(=O)[C@@H]1CCN(c2ccc(C)cc2)C1=O. The van der Waals surface area contributed by atoms with Gasteiger partial charge in [-0.25, -0.2) is 0 Å². The summed E-state index contributed by atoms with van der Waals surface area (Å²) in [4.78, 5) is 38.8. The Labute approximate surface area is 135 Å². The van der Waals surface area contributed by atoms with E-state index in [0.29, 0.717) is 19.5 Å². The predicted molar refractivity (Wildman–Crippen MR) is 86.1 cm³/mol. The number of aliphatic carboxylic acids is 1. The molecule has 124 valence electrons. The molecule has 2 rings (SSSR count). The molecule has 1 heterocycles. The molecule has 1 aromatic carbocycles. The minimum Gasteiger partial charge on any atom is -0.481 e. The average Bonchev–Trinajstić information content (AvgIpc) is 2.90. The van der Waals surface area contributed by atoms with Crippen LogP contribution in [0.1, 0.15) is 25.3 Å². The van der Waals surface area contributed by atoms with E-state index >= 15 is 0 Å². The van der Waals surface area contributed by atoms with E-state index < -0.39 is 11.9 Å². The molecule has 1 aromatic rings. The van der Waals surface area contributed by atoms with Gasteiger partial charge < -0.3 is 14.9 Å². The first-order valence-electron chi connectivity index (χ1n) is 7.82. The Morgan fingerprint density at radius 2 is 1.96 bits per heavy atom. The van der Waals surface area contributed by atoms with E-state index in [9.17, 15) is 14.4 Å². The number of aryl methyl sites for hydroxylation is 1. The quantitative estimate of drug-likeness (QED) is 0.809. The third kappa shape index (κ3) is 3.88. The van der Waals surface area contributed by atoms with Gasteiger partial charge in [-0.2, -0.15) is 0 Å². The van der Waals surface area contributed by atoms with Gasteiger partial charge in [0.15, 0.2) is 0 Å². The lowest BCUT2D eigenvalue weighted by Gasteiger charge is -2.23. The Hall–Kier alpha value is -2.37. The summed E-state index contributed by atoms with van der Waals surface area (Å²) in [6, 6.07) is 7.62. The van der Waals surface area contributed by atoms with E-state index in [2.05, 4.69) is 0 Å². The highest BCUT2D eigenvalue weighted by molar-refractivity contribution is 6.09. The number of rotatable bonds is 6. The van der Waals surface area contributed by atoms with Crippen LogP contribution in [0.15, 0.2) is 24.3 Å². The van der Waals surface area contributed by atoms with Crippen molar-refractivity contribution in [2.75, 3.05) is 24.5 Å². The van der Waals surface area contributed by atoms with Gasteiger partial charge in [0.1, 0.15) is 5.92 Å². The highest BCUT2D eigenvalue weighted by Gasteiger charge is 2.39. The highest BCUT2D eigenvalue weighted by Crippen LogP contribution is 2.26. The van der Waals surface area contributed by atoms with Gasteiger partial charge in [0, 0.05) is 25.3 Å². The highest BCUT2D eigenvalue weighted by atomic mass is 16.4. The maximum atomic E-state index is 12.6. The van der Waals surface area contributed by atoms with E-state index in [1.54, 1.807) is 11.8 Å². The van der Waals surface area contributed by atoms with Crippen LogP contribution in [0, 0.1) is 12.8 Å². The van der Waals surface area contributed by atoms with E-state index in [0.717, 1.165) is 11.3 Å². The van der Waals surface area contributed by atoms with Crippen molar-refractivity contribution in [2.24, 2.45) is 5.92 Å². The van der Waals surface area contributed by atoms with Gasteiger partial charge in [0.05, 0.1) is 6.42 Å². The van der Waals surface area contributed by atoms with Gasteiger partial charge in [0.2, 0.25) is 11.8 Å². The molecule has 6 heteroatoms. The summed E-state index contributed by atoms with van der Waals surface area (Å²) in [7, 11) is 0. The zero-order valence-corrected chi connectivity index (χ0v) is 13.5. The van der Waals surface area contributed by atoms with Crippen LogP contribution in [0.5, 0.6) is 0 Å². The topological polar surface area (TPSA) is 77.9 Å². The van der Waals surface area contributed by atoms with Crippen molar-refractivity contribution in [2.45, 2.75) is 26.7 Å². The van der Waals surface area contributed by atoms with Crippen molar-refractivity contribution in [3.05, 3.63) is 29.8 Å². The molecule has 0 saturated carbocycles. The van der Waals surface area contributed by atoms with Gasteiger partial charge in [-0.1, -0.05) is 17.7 Å². The monoisotopic (exact) mass is 318 g/mol. The van der Waals surface area contributed by atoms with Gasteiger partial charge in [0.25, 0.3) is 0 Å². The number of anilines is 1. The lowest BCUT2D eigenvalue weighted by Crippen LogP contribution is -2.41. The number of benzene rings is 1. The van der Waals surface area contributed by atoms with Gasteiger partial charge in [-0.05, 0) is 32.4 Å². The van der Waals surface area contributed by atoms with Crippen LogP contribution in [0.4, 0.5) is 5.69 Å². The summed E-state index contributed by atoms with van der Waals surface area (Å²) >= 11 is 0. The van der Waals surface area contributed by atoms with Crippen LogP contribution >= 0.6 is 0 Å². The van der Waals surface area contributed by atoms with Crippen molar-refractivity contribution in [1.82, 2.24) is 4.90 Å². The van der Waals surface area contributed by atoms with Gasteiger partial charge in [-0.15, -0.1) is 0 Å². The van der Waals surface area contributed by atoms with E-state index in [1.165, 1.54) is 4.90 Å².